The van der Waals surface area contributed by atoms with Gasteiger partial charge in [-0.25, -0.2) is 4.79 Å². The van der Waals surface area contributed by atoms with Crippen LogP contribution >= 0.6 is 0 Å². The summed E-state index contributed by atoms with van der Waals surface area (Å²) in [5.41, 5.74) is 6.00. The van der Waals surface area contributed by atoms with Crippen LogP contribution in [0.1, 0.15) is 32.3 Å². The first-order chi connectivity index (χ1) is 12.7. The number of alkyl carbamates (subject to hydrolysis) is 1. The number of carbonyl (C=O) groups is 4. The topological polar surface area (TPSA) is 148 Å². The fourth-order valence-electron chi connectivity index (χ4n) is 2.28. The molecule has 0 aliphatic heterocycles. The summed E-state index contributed by atoms with van der Waals surface area (Å²) < 4.78 is 4.99. The number of rotatable bonds is 10. The van der Waals surface area contributed by atoms with Gasteiger partial charge in [0, 0.05) is 0 Å². The maximum Gasteiger partial charge on any atom is 0.408 e. The van der Waals surface area contributed by atoms with Crippen molar-refractivity contribution < 1.29 is 29.0 Å². The number of primary amides is 1. The summed E-state index contributed by atoms with van der Waals surface area (Å²) in [5.74, 6) is -2.78. The van der Waals surface area contributed by atoms with E-state index in [1.807, 2.05) is 19.9 Å². The summed E-state index contributed by atoms with van der Waals surface area (Å²) in [4.78, 5) is 46.7. The molecule has 27 heavy (non-hydrogen) atoms. The molecule has 1 rings (SSSR count). The molecule has 0 unspecified atom stereocenters. The summed E-state index contributed by atoms with van der Waals surface area (Å²) in [6.07, 6.45) is -1.32. The van der Waals surface area contributed by atoms with Gasteiger partial charge >= 0.3 is 12.1 Å². The number of aliphatic carboxylic acids is 1. The van der Waals surface area contributed by atoms with Crippen molar-refractivity contribution in [3.8, 4) is 0 Å². The van der Waals surface area contributed by atoms with Crippen LogP contribution in [0.4, 0.5) is 4.79 Å². The number of benzene rings is 1. The van der Waals surface area contributed by atoms with E-state index in [1.165, 1.54) is 0 Å². The van der Waals surface area contributed by atoms with Gasteiger partial charge in [-0.3, -0.25) is 14.4 Å². The molecular formula is C18H25N3O6. The van der Waals surface area contributed by atoms with Gasteiger partial charge in [0.1, 0.15) is 18.7 Å². The van der Waals surface area contributed by atoms with Gasteiger partial charge in [-0.1, -0.05) is 44.2 Å². The Kier molecular flexibility index (Phi) is 8.77. The number of hydrogen-bond acceptors (Lipinski definition) is 5. The van der Waals surface area contributed by atoms with Crippen LogP contribution in [0.3, 0.4) is 0 Å². The highest BCUT2D eigenvalue weighted by Crippen LogP contribution is 2.06. The van der Waals surface area contributed by atoms with Crippen molar-refractivity contribution >= 4 is 23.9 Å². The van der Waals surface area contributed by atoms with E-state index < -0.39 is 42.4 Å². The van der Waals surface area contributed by atoms with E-state index in [4.69, 9.17) is 15.6 Å². The number of nitrogens with two attached hydrogens (primary N) is 1. The van der Waals surface area contributed by atoms with Crippen LogP contribution in [-0.2, 0) is 25.7 Å². The van der Waals surface area contributed by atoms with Crippen molar-refractivity contribution in [2.24, 2.45) is 11.7 Å². The highest BCUT2D eigenvalue weighted by molar-refractivity contribution is 5.92. The van der Waals surface area contributed by atoms with Crippen LogP contribution in [-0.4, -0.2) is 41.1 Å². The van der Waals surface area contributed by atoms with E-state index in [0.29, 0.717) is 6.42 Å². The molecule has 5 N–H and O–H groups in total. The third-order valence-corrected chi connectivity index (χ3v) is 3.57. The highest BCUT2D eigenvalue weighted by Gasteiger charge is 2.28. The maximum absolute atomic E-state index is 12.3. The Morgan fingerprint density at radius 3 is 2.22 bits per heavy atom. The zero-order valence-corrected chi connectivity index (χ0v) is 15.3. The molecule has 0 spiro atoms. The summed E-state index contributed by atoms with van der Waals surface area (Å²) in [6, 6.07) is 6.49. The van der Waals surface area contributed by atoms with Gasteiger partial charge < -0.3 is 26.2 Å². The lowest BCUT2D eigenvalue weighted by atomic mass is 10.0. The Hall–Kier alpha value is -3.10. The predicted molar refractivity (Wildman–Crippen MR) is 96.4 cm³/mol. The van der Waals surface area contributed by atoms with Crippen LogP contribution in [0.5, 0.6) is 0 Å². The molecule has 1 aromatic rings. The average Bonchev–Trinajstić information content (AvgIpc) is 2.58. The quantitative estimate of drug-likeness (QED) is 0.472. The molecule has 2 atom stereocenters. The van der Waals surface area contributed by atoms with Gasteiger partial charge in [0.25, 0.3) is 0 Å². The van der Waals surface area contributed by atoms with E-state index in [9.17, 15) is 19.2 Å². The number of carbonyl (C=O) groups excluding carboxylic acids is 3. The number of carboxylic acids is 1. The predicted octanol–water partition coefficient (Wildman–Crippen LogP) is 0.772. The number of amides is 3. The Balaban J connectivity index is 2.69. The lowest BCUT2D eigenvalue weighted by molar-refractivity contribution is -0.140. The Morgan fingerprint density at radius 1 is 1.07 bits per heavy atom. The molecule has 0 bridgehead atoms. The van der Waals surface area contributed by atoms with Crippen molar-refractivity contribution in [1.82, 2.24) is 10.6 Å². The Labute approximate surface area is 157 Å². The molecule has 0 aliphatic carbocycles. The second-order valence-corrected chi connectivity index (χ2v) is 6.45. The molecule has 0 fully saturated rings. The number of nitrogens with one attached hydrogen (secondary N) is 2. The third kappa shape index (κ3) is 8.70. The van der Waals surface area contributed by atoms with Crippen LogP contribution in [0.25, 0.3) is 0 Å². The molecule has 1 aromatic carbocycles. The standard InChI is InChI=1S/C18H25N3O6/c1-11(2)8-13(16(19)24)20-17(25)14(9-15(22)23)21-18(26)27-10-12-6-4-3-5-7-12/h3-7,11,13-14H,8-10H2,1-2H3,(H2,19,24)(H,20,25)(H,21,26)(H,22,23)/t13-,14+/m1/s1. The number of carboxylic acid groups (broad SMARTS) is 1. The largest absolute Gasteiger partial charge is 0.481 e. The first-order valence-corrected chi connectivity index (χ1v) is 8.47. The minimum Gasteiger partial charge on any atom is -0.481 e. The Morgan fingerprint density at radius 2 is 1.70 bits per heavy atom. The van der Waals surface area contributed by atoms with E-state index in [1.54, 1.807) is 24.3 Å². The normalized spacial score (nSPS) is 12.7. The van der Waals surface area contributed by atoms with Crippen molar-refractivity contribution in [3.05, 3.63) is 35.9 Å². The number of ether oxygens (including phenoxy) is 1. The molecule has 9 heteroatoms. The SMILES string of the molecule is CC(C)C[C@@H](NC(=O)[C@H](CC(=O)O)NC(=O)OCc1ccccc1)C(N)=O. The molecule has 3 amide bonds. The van der Waals surface area contributed by atoms with Crippen LogP contribution in [0.15, 0.2) is 30.3 Å². The highest BCUT2D eigenvalue weighted by atomic mass is 16.5. The minimum atomic E-state index is -1.40. The van der Waals surface area contributed by atoms with Gasteiger partial charge in [0.15, 0.2) is 0 Å². The van der Waals surface area contributed by atoms with E-state index in [0.717, 1.165) is 5.56 Å². The lowest BCUT2D eigenvalue weighted by Crippen LogP contribution is -2.53. The van der Waals surface area contributed by atoms with Crippen LogP contribution in [0.2, 0.25) is 0 Å². The van der Waals surface area contributed by atoms with Gasteiger partial charge in [-0.05, 0) is 17.9 Å². The zero-order chi connectivity index (χ0) is 20.4. The van der Waals surface area contributed by atoms with E-state index in [2.05, 4.69) is 10.6 Å². The van der Waals surface area contributed by atoms with E-state index >= 15 is 0 Å². The zero-order valence-electron chi connectivity index (χ0n) is 15.3. The van der Waals surface area contributed by atoms with Crippen molar-refractivity contribution in [2.45, 2.75) is 45.4 Å². The molecule has 9 nitrogen and oxygen atoms in total. The maximum atomic E-state index is 12.3. The Bertz CT molecular complexity index is 662. The molecular weight excluding hydrogens is 354 g/mol. The fraction of sp³-hybridized carbons (Fsp3) is 0.444. The molecule has 0 saturated heterocycles. The van der Waals surface area contributed by atoms with Crippen LogP contribution in [0, 0.1) is 5.92 Å². The second-order valence-electron chi connectivity index (χ2n) is 6.45. The molecule has 0 aromatic heterocycles. The molecule has 0 heterocycles. The van der Waals surface area contributed by atoms with Gasteiger partial charge in [0.05, 0.1) is 6.42 Å². The summed E-state index contributed by atoms with van der Waals surface area (Å²) in [6.45, 7) is 3.65. The van der Waals surface area contributed by atoms with Crippen molar-refractivity contribution in [2.75, 3.05) is 0 Å². The second kappa shape index (κ2) is 10.8. The monoisotopic (exact) mass is 379 g/mol. The first kappa shape index (κ1) is 21.9. The third-order valence-electron chi connectivity index (χ3n) is 3.57. The van der Waals surface area contributed by atoms with Gasteiger partial charge in [-0.2, -0.15) is 0 Å². The van der Waals surface area contributed by atoms with Gasteiger partial charge in [0.2, 0.25) is 11.8 Å². The average molecular weight is 379 g/mol. The van der Waals surface area contributed by atoms with Crippen LogP contribution < -0.4 is 16.4 Å². The number of hydrogen-bond donors (Lipinski definition) is 4. The van der Waals surface area contributed by atoms with Gasteiger partial charge in [-0.15, -0.1) is 0 Å². The molecule has 0 saturated carbocycles. The molecule has 0 aliphatic rings. The summed E-state index contributed by atoms with van der Waals surface area (Å²) in [5, 5.41) is 13.6. The van der Waals surface area contributed by atoms with Crippen molar-refractivity contribution in [3.63, 3.8) is 0 Å². The fourth-order valence-corrected chi connectivity index (χ4v) is 2.28. The first-order valence-electron chi connectivity index (χ1n) is 8.47. The summed E-state index contributed by atoms with van der Waals surface area (Å²) >= 11 is 0. The van der Waals surface area contributed by atoms with E-state index in [-0.39, 0.29) is 12.5 Å². The summed E-state index contributed by atoms with van der Waals surface area (Å²) in [7, 11) is 0. The van der Waals surface area contributed by atoms with Crippen molar-refractivity contribution in [1.29, 1.82) is 0 Å². The molecule has 148 valence electrons. The smallest absolute Gasteiger partial charge is 0.408 e. The molecule has 0 radical (unpaired) electrons. The lowest BCUT2D eigenvalue weighted by Gasteiger charge is -2.21. The minimum absolute atomic E-state index is 0.0364.